The fraction of sp³-hybridized carbons (Fsp3) is 0.312. The van der Waals surface area contributed by atoms with Crippen molar-refractivity contribution in [2.75, 3.05) is 13.7 Å². The lowest BCUT2D eigenvalue weighted by Gasteiger charge is -2.13. The van der Waals surface area contributed by atoms with E-state index in [4.69, 9.17) is 16.3 Å². The fourth-order valence-corrected chi connectivity index (χ4v) is 3.75. The molecule has 0 aliphatic carbocycles. The van der Waals surface area contributed by atoms with Crippen molar-refractivity contribution in [2.45, 2.75) is 19.3 Å². The van der Waals surface area contributed by atoms with Crippen LogP contribution in [0, 0.1) is 0 Å². The lowest BCUT2D eigenvalue weighted by atomic mass is 10.00. The molecule has 2 aromatic rings. The van der Waals surface area contributed by atoms with E-state index >= 15 is 0 Å². The summed E-state index contributed by atoms with van der Waals surface area (Å²) in [4.78, 5) is 6.06. The summed E-state index contributed by atoms with van der Waals surface area (Å²) in [5.41, 5.74) is 3.77. The zero-order chi connectivity index (χ0) is 13.9. The van der Waals surface area contributed by atoms with Crippen LogP contribution in [0.25, 0.3) is 0 Å². The van der Waals surface area contributed by atoms with Gasteiger partial charge in [-0.2, -0.15) is 0 Å². The number of aryl methyl sites for hydroxylation is 1. The zero-order valence-electron chi connectivity index (χ0n) is 11.4. The number of thiophene rings is 1. The molecule has 2 heterocycles. The van der Waals surface area contributed by atoms with Gasteiger partial charge in [0.1, 0.15) is 5.75 Å². The average Bonchev–Trinajstić information content (AvgIpc) is 2.86. The molecule has 2 nitrogen and oxygen atoms in total. The molecule has 0 spiro atoms. The highest BCUT2D eigenvalue weighted by atomic mass is 35.5. The minimum atomic E-state index is 0.869. The molecule has 3 rings (SSSR count). The number of benzene rings is 1. The van der Waals surface area contributed by atoms with Gasteiger partial charge in [-0.1, -0.05) is 23.7 Å². The van der Waals surface area contributed by atoms with Gasteiger partial charge in [-0.3, -0.25) is 4.99 Å². The van der Waals surface area contributed by atoms with Gasteiger partial charge in [0.05, 0.1) is 11.4 Å². The summed E-state index contributed by atoms with van der Waals surface area (Å²) in [6.45, 7) is 0.891. The first kappa shape index (κ1) is 13.7. The number of hydrogen-bond donors (Lipinski definition) is 0. The summed E-state index contributed by atoms with van der Waals surface area (Å²) in [7, 11) is 1.69. The Morgan fingerprint density at radius 2 is 2.05 bits per heavy atom. The number of aliphatic imine (C=N–C) groups is 1. The molecule has 0 fully saturated rings. The number of methoxy groups -OCH3 is 1. The molecule has 0 saturated carbocycles. The van der Waals surface area contributed by atoms with Gasteiger partial charge in [0, 0.05) is 29.1 Å². The molecule has 4 heteroatoms. The van der Waals surface area contributed by atoms with Gasteiger partial charge < -0.3 is 4.74 Å². The minimum absolute atomic E-state index is 0.869. The van der Waals surface area contributed by atoms with Crippen molar-refractivity contribution in [3.05, 3.63) is 50.7 Å². The predicted molar refractivity (Wildman–Crippen MR) is 85.8 cm³/mol. The topological polar surface area (TPSA) is 21.6 Å². The summed E-state index contributed by atoms with van der Waals surface area (Å²) in [6, 6.07) is 10.3. The second-order valence-corrected chi connectivity index (χ2v) is 6.58. The van der Waals surface area contributed by atoms with E-state index in [-0.39, 0.29) is 0 Å². The van der Waals surface area contributed by atoms with Crippen molar-refractivity contribution in [3.63, 3.8) is 0 Å². The van der Waals surface area contributed by atoms with Crippen molar-refractivity contribution >= 4 is 28.6 Å². The van der Waals surface area contributed by atoms with Crippen molar-refractivity contribution in [1.29, 1.82) is 0 Å². The van der Waals surface area contributed by atoms with Crippen LogP contribution < -0.4 is 4.74 Å². The molecular formula is C16H16ClNOS. The van der Waals surface area contributed by atoms with Crippen molar-refractivity contribution < 1.29 is 4.74 Å². The van der Waals surface area contributed by atoms with Crippen LogP contribution in [0.1, 0.15) is 22.4 Å². The van der Waals surface area contributed by atoms with Gasteiger partial charge >= 0.3 is 0 Å². The van der Waals surface area contributed by atoms with E-state index in [0.29, 0.717) is 0 Å². The zero-order valence-corrected chi connectivity index (χ0v) is 12.9. The normalized spacial score (nSPS) is 13.8. The number of rotatable bonds is 4. The van der Waals surface area contributed by atoms with Crippen molar-refractivity contribution in [2.24, 2.45) is 4.99 Å². The first-order valence-corrected chi connectivity index (χ1v) is 7.90. The lowest BCUT2D eigenvalue weighted by molar-refractivity contribution is 0.414. The molecule has 0 bridgehead atoms. The minimum Gasteiger partial charge on any atom is -0.497 e. The molecule has 20 heavy (non-hydrogen) atoms. The van der Waals surface area contributed by atoms with E-state index in [0.717, 1.165) is 35.9 Å². The maximum atomic E-state index is 6.12. The van der Waals surface area contributed by atoms with E-state index in [1.165, 1.54) is 21.7 Å². The molecular weight excluding hydrogens is 290 g/mol. The Balaban J connectivity index is 1.70. The second kappa shape index (κ2) is 5.98. The van der Waals surface area contributed by atoms with Crippen molar-refractivity contribution in [1.82, 2.24) is 0 Å². The first-order chi connectivity index (χ1) is 9.76. The Hall–Kier alpha value is -1.32. The summed E-state index contributed by atoms with van der Waals surface area (Å²) in [5.74, 6) is 0.899. The van der Waals surface area contributed by atoms with Gasteiger partial charge in [0.2, 0.25) is 0 Å². The predicted octanol–water partition coefficient (Wildman–Crippen LogP) is 4.39. The molecule has 1 aromatic heterocycles. The average molecular weight is 306 g/mol. The monoisotopic (exact) mass is 305 g/mol. The largest absolute Gasteiger partial charge is 0.497 e. The molecule has 0 radical (unpaired) electrons. The highest BCUT2D eigenvalue weighted by Crippen LogP contribution is 2.31. The highest BCUT2D eigenvalue weighted by Gasteiger charge is 2.17. The van der Waals surface area contributed by atoms with Crippen LogP contribution in [0.4, 0.5) is 0 Å². The number of halogens is 1. The van der Waals surface area contributed by atoms with E-state index in [2.05, 4.69) is 23.2 Å². The van der Waals surface area contributed by atoms with Gasteiger partial charge in [0.25, 0.3) is 0 Å². The second-order valence-electron chi connectivity index (χ2n) is 4.81. The molecule has 104 valence electrons. The molecule has 0 N–H and O–H groups in total. The van der Waals surface area contributed by atoms with E-state index in [1.807, 2.05) is 12.1 Å². The lowest BCUT2D eigenvalue weighted by Crippen LogP contribution is -2.11. The van der Waals surface area contributed by atoms with Gasteiger partial charge in [0.15, 0.2) is 0 Å². The fourth-order valence-electron chi connectivity index (χ4n) is 2.47. The van der Waals surface area contributed by atoms with E-state index < -0.39 is 0 Å². The summed E-state index contributed by atoms with van der Waals surface area (Å²) in [5, 5.41) is 0. The van der Waals surface area contributed by atoms with Crippen LogP contribution in [-0.2, 0) is 12.8 Å². The first-order valence-electron chi connectivity index (χ1n) is 6.71. The van der Waals surface area contributed by atoms with Crippen LogP contribution in [-0.4, -0.2) is 19.4 Å². The standard InChI is InChI=1S/C16H16ClNOS/c1-19-12-5-2-11(3-6-12)4-7-14-13-10-16(17)20-15(13)8-9-18-14/h2-3,5-6,10H,4,7-9H2,1H3. The molecule has 0 unspecified atom stereocenters. The third kappa shape index (κ3) is 2.89. The number of fused-ring (bicyclic) bond motifs is 1. The number of ether oxygens (including phenoxy) is 1. The van der Waals surface area contributed by atoms with E-state index in [9.17, 15) is 0 Å². The molecule has 0 amide bonds. The van der Waals surface area contributed by atoms with Crippen molar-refractivity contribution in [3.8, 4) is 5.75 Å². The molecule has 1 aliphatic heterocycles. The van der Waals surface area contributed by atoms with Gasteiger partial charge in [-0.15, -0.1) is 11.3 Å². The van der Waals surface area contributed by atoms with Gasteiger partial charge in [-0.25, -0.2) is 0 Å². The quantitative estimate of drug-likeness (QED) is 0.821. The molecule has 0 atom stereocenters. The Morgan fingerprint density at radius 3 is 2.80 bits per heavy atom. The maximum Gasteiger partial charge on any atom is 0.118 e. The van der Waals surface area contributed by atoms with Crippen LogP contribution in [0.5, 0.6) is 5.75 Å². The number of nitrogens with zero attached hydrogens (tertiary/aromatic N) is 1. The van der Waals surface area contributed by atoms with Crippen LogP contribution in [0.2, 0.25) is 4.34 Å². The third-order valence-electron chi connectivity index (χ3n) is 3.54. The molecule has 1 aromatic carbocycles. The number of hydrogen-bond acceptors (Lipinski definition) is 3. The Labute approximate surface area is 128 Å². The van der Waals surface area contributed by atoms with Crippen LogP contribution in [0.3, 0.4) is 0 Å². The highest BCUT2D eigenvalue weighted by molar-refractivity contribution is 7.16. The summed E-state index contributed by atoms with van der Waals surface area (Å²) in [6.07, 6.45) is 2.99. The van der Waals surface area contributed by atoms with E-state index in [1.54, 1.807) is 18.4 Å². The molecule has 1 aliphatic rings. The smallest absolute Gasteiger partial charge is 0.118 e. The van der Waals surface area contributed by atoms with Crippen LogP contribution in [0.15, 0.2) is 35.3 Å². The SMILES string of the molecule is COc1ccc(CCC2=NCCc3sc(Cl)cc32)cc1. The Bertz CT molecular complexity index is 630. The summed E-state index contributed by atoms with van der Waals surface area (Å²) < 4.78 is 6.05. The maximum absolute atomic E-state index is 6.12. The Kier molecular flexibility index (Phi) is 4.08. The van der Waals surface area contributed by atoms with Gasteiger partial charge in [-0.05, 0) is 36.6 Å². The third-order valence-corrected chi connectivity index (χ3v) is 4.86. The van der Waals surface area contributed by atoms with Crippen LogP contribution >= 0.6 is 22.9 Å². The Morgan fingerprint density at radius 1 is 1.25 bits per heavy atom. The summed E-state index contributed by atoms with van der Waals surface area (Å²) >= 11 is 7.80. The molecule has 0 saturated heterocycles.